The molecule has 1 aliphatic carbocycles. The number of urea groups is 1. The molecule has 0 aromatic carbocycles. The third-order valence-electron chi connectivity index (χ3n) is 4.17. The molecule has 106 valence electrons. The topological polar surface area (TPSA) is 70.6 Å². The smallest absolute Gasteiger partial charge is 0.315 e. The van der Waals surface area contributed by atoms with Crippen LogP contribution in [0.4, 0.5) is 4.79 Å². The van der Waals surface area contributed by atoms with Crippen LogP contribution in [0.5, 0.6) is 0 Å². The molecule has 5 heteroatoms. The van der Waals surface area contributed by atoms with Gasteiger partial charge in [-0.05, 0) is 26.2 Å². The molecule has 0 aromatic rings. The van der Waals surface area contributed by atoms with Crippen LogP contribution in [0, 0.1) is 5.41 Å². The molecule has 18 heavy (non-hydrogen) atoms. The Labute approximate surface area is 109 Å². The summed E-state index contributed by atoms with van der Waals surface area (Å²) in [6.07, 6.45) is 3.13. The molecule has 0 radical (unpaired) electrons. The first-order chi connectivity index (χ1) is 8.64. The molecule has 3 N–H and O–H groups in total. The van der Waals surface area contributed by atoms with Gasteiger partial charge in [0.1, 0.15) is 0 Å². The van der Waals surface area contributed by atoms with Gasteiger partial charge in [0.25, 0.3) is 0 Å². The molecule has 0 saturated heterocycles. The molecule has 0 aliphatic heterocycles. The van der Waals surface area contributed by atoms with E-state index >= 15 is 0 Å². The van der Waals surface area contributed by atoms with Crippen molar-refractivity contribution in [2.45, 2.75) is 52.2 Å². The lowest BCUT2D eigenvalue weighted by Gasteiger charge is -2.55. The van der Waals surface area contributed by atoms with Crippen molar-refractivity contribution < 1.29 is 14.6 Å². The summed E-state index contributed by atoms with van der Waals surface area (Å²) in [5.74, 6) is 0. The standard InChI is InChI=1S/C13H26N2O3/c1-4-13(5-2)10(9-11(13)18-6-3)15-12(17)14-7-8-16/h10-11,16H,4-9H2,1-3H3,(H2,14,15,17). The summed E-state index contributed by atoms with van der Waals surface area (Å²) in [6.45, 7) is 7.27. The number of aliphatic hydroxyl groups excluding tert-OH is 1. The van der Waals surface area contributed by atoms with Gasteiger partial charge in [0.15, 0.2) is 0 Å². The second-order valence-electron chi connectivity index (χ2n) is 4.80. The van der Waals surface area contributed by atoms with E-state index < -0.39 is 0 Å². The summed E-state index contributed by atoms with van der Waals surface area (Å²) < 4.78 is 5.76. The molecule has 1 saturated carbocycles. The predicted molar refractivity (Wildman–Crippen MR) is 70.5 cm³/mol. The zero-order valence-electron chi connectivity index (χ0n) is 11.7. The quantitative estimate of drug-likeness (QED) is 0.644. The highest BCUT2D eigenvalue weighted by Gasteiger charge is 2.53. The van der Waals surface area contributed by atoms with Gasteiger partial charge in [-0.15, -0.1) is 0 Å². The minimum Gasteiger partial charge on any atom is -0.395 e. The van der Waals surface area contributed by atoms with E-state index in [9.17, 15) is 4.79 Å². The first-order valence-electron chi connectivity index (χ1n) is 6.91. The summed E-state index contributed by atoms with van der Waals surface area (Å²) in [7, 11) is 0. The van der Waals surface area contributed by atoms with Gasteiger partial charge < -0.3 is 20.5 Å². The molecular formula is C13H26N2O3. The van der Waals surface area contributed by atoms with Gasteiger partial charge in [0.2, 0.25) is 0 Å². The normalized spacial score (nSPS) is 25.3. The predicted octanol–water partition coefficient (Wildman–Crippen LogP) is 1.26. The van der Waals surface area contributed by atoms with Crippen LogP contribution in [0.25, 0.3) is 0 Å². The van der Waals surface area contributed by atoms with E-state index in [1.165, 1.54) is 0 Å². The van der Waals surface area contributed by atoms with Gasteiger partial charge in [0.05, 0.1) is 12.7 Å². The van der Waals surface area contributed by atoms with E-state index in [0.717, 1.165) is 25.9 Å². The van der Waals surface area contributed by atoms with E-state index in [4.69, 9.17) is 9.84 Å². The number of ether oxygens (including phenoxy) is 1. The van der Waals surface area contributed by atoms with E-state index in [-0.39, 0.29) is 30.2 Å². The summed E-state index contributed by atoms with van der Waals surface area (Å²) >= 11 is 0. The van der Waals surface area contributed by atoms with Crippen LogP contribution in [0.2, 0.25) is 0 Å². The lowest BCUT2D eigenvalue weighted by molar-refractivity contribution is -0.134. The summed E-state index contributed by atoms with van der Waals surface area (Å²) in [6, 6.07) is -0.0296. The van der Waals surface area contributed by atoms with Crippen LogP contribution in [-0.4, -0.2) is 43.0 Å². The van der Waals surface area contributed by atoms with E-state index in [2.05, 4.69) is 24.5 Å². The number of hydrogen-bond acceptors (Lipinski definition) is 3. The van der Waals surface area contributed by atoms with E-state index in [1.54, 1.807) is 0 Å². The zero-order chi connectivity index (χ0) is 13.6. The lowest BCUT2D eigenvalue weighted by atomic mass is 9.58. The fourth-order valence-corrected chi connectivity index (χ4v) is 2.96. The number of carbonyl (C=O) groups is 1. The van der Waals surface area contributed by atoms with Crippen molar-refractivity contribution in [3.63, 3.8) is 0 Å². The maximum absolute atomic E-state index is 11.6. The second kappa shape index (κ2) is 6.95. The van der Waals surface area contributed by atoms with Gasteiger partial charge >= 0.3 is 6.03 Å². The first kappa shape index (κ1) is 15.2. The molecule has 1 aliphatic rings. The van der Waals surface area contributed by atoms with Crippen molar-refractivity contribution in [2.24, 2.45) is 5.41 Å². The van der Waals surface area contributed by atoms with Crippen LogP contribution in [0.1, 0.15) is 40.0 Å². The zero-order valence-corrected chi connectivity index (χ0v) is 11.7. The van der Waals surface area contributed by atoms with Gasteiger partial charge in [-0.25, -0.2) is 4.79 Å². The number of carbonyl (C=O) groups excluding carboxylic acids is 1. The van der Waals surface area contributed by atoms with Crippen LogP contribution in [-0.2, 0) is 4.74 Å². The number of aliphatic hydroxyl groups is 1. The molecule has 1 fully saturated rings. The molecule has 2 amide bonds. The largest absolute Gasteiger partial charge is 0.395 e. The molecule has 2 atom stereocenters. The van der Waals surface area contributed by atoms with Crippen molar-refractivity contribution in [3.8, 4) is 0 Å². The molecule has 2 unspecified atom stereocenters. The molecule has 0 bridgehead atoms. The van der Waals surface area contributed by atoms with E-state index in [0.29, 0.717) is 6.54 Å². The fourth-order valence-electron chi connectivity index (χ4n) is 2.96. The van der Waals surface area contributed by atoms with Crippen molar-refractivity contribution >= 4 is 6.03 Å². The third-order valence-corrected chi connectivity index (χ3v) is 4.17. The Balaban J connectivity index is 2.53. The van der Waals surface area contributed by atoms with Crippen molar-refractivity contribution in [2.75, 3.05) is 19.8 Å². The number of hydrogen-bond donors (Lipinski definition) is 3. The highest BCUT2D eigenvalue weighted by Crippen LogP contribution is 2.48. The Kier molecular flexibility index (Phi) is 5.88. The van der Waals surface area contributed by atoms with Crippen LogP contribution >= 0.6 is 0 Å². The summed E-state index contributed by atoms with van der Waals surface area (Å²) in [5, 5.41) is 14.3. The number of nitrogens with one attached hydrogen (secondary N) is 2. The lowest BCUT2D eigenvalue weighted by Crippen LogP contribution is -2.65. The van der Waals surface area contributed by atoms with Crippen molar-refractivity contribution in [3.05, 3.63) is 0 Å². The highest BCUT2D eigenvalue weighted by atomic mass is 16.5. The van der Waals surface area contributed by atoms with Gasteiger partial charge in [-0.1, -0.05) is 13.8 Å². The molecule has 5 nitrogen and oxygen atoms in total. The SMILES string of the molecule is CCOC1CC(NC(=O)NCCO)C1(CC)CC. The minimum atomic E-state index is -0.199. The summed E-state index contributed by atoms with van der Waals surface area (Å²) in [4.78, 5) is 11.6. The fraction of sp³-hybridized carbons (Fsp3) is 0.923. The average molecular weight is 258 g/mol. The van der Waals surface area contributed by atoms with Gasteiger partial charge in [0, 0.05) is 24.6 Å². The Morgan fingerprint density at radius 3 is 2.56 bits per heavy atom. The molecule has 0 spiro atoms. The second-order valence-corrected chi connectivity index (χ2v) is 4.80. The third kappa shape index (κ3) is 2.95. The van der Waals surface area contributed by atoms with Gasteiger partial charge in [-0.2, -0.15) is 0 Å². The Morgan fingerprint density at radius 2 is 2.06 bits per heavy atom. The van der Waals surface area contributed by atoms with Crippen molar-refractivity contribution in [1.82, 2.24) is 10.6 Å². The Bertz CT molecular complexity index is 267. The number of amides is 2. The first-order valence-corrected chi connectivity index (χ1v) is 6.91. The summed E-state index contributed by atoms with van der Waals surface area (Å²) in [5.41, 5.74) is 0.0621. The Hall–Kier alpha value is -0.810. The molecule has 0 aromatic heterocycles. The monoisotopic (exact) mass is 258 g/mol. The van der Waals surface area contributed by atoms with Crippen LogP contribution in [0.15, 0.2) is 0 Å². The molecule has 0 heterocycles. The van der Waals surface area contributed by atoms with Gasteiger partial charge in [-0.3, -0.25) is 0 Å². The number of rotatable bonds is 7. The maximum atomic E-state index is 11.6. The van der Waals surface area contributed by atoms with E-state index in [1.807, 2.05) is 6.92 Å². The Morgan fingerprint density at radius 1 is 1.39 bits per heavy atom. The van der Waals surface area contributed by atoms with Crippen LogP contribution in [0.3, 0.4) is 0 Å². The molecule has 1 rings (SSSR count). The van der Waals surface area contributed by atoms with Crippen LogP contribution < -0.4 is 10.6 Å². The van der Waals surface area contributed by atoms with Crippen molar-refractivity contribution in [1.29, 1.82) is 0 Å². The minimum absolute atomic E-state index is 0.0354. The average Bonchev–Trinajstić information content (AvgIpc) is 2.36. The maximum Gasteiger partial charge on any atom is 0.315 e. The highest BCUT2D eigenvalue weighted by molar-refractivity contribution is 5.74. The molecular weight excluding hydrogens is 232 g/mol.